The van der Waals surface area contributed by atoms with Crippen LogP contribution in [0.5, 0.6) is 0 Å². The zero-order chi connectivity index (χ0) is 17.6. The minimum Gasteiger partial charge on any atom is -0.207 e. The lowest BCUT2D eigenvalue weighted by Gasteiger charge is -2.33. The minimum atomic E-state index is -0.428. The van der Waals surface area contributed by atoms with Crippen molar-refractivity contribution in [1.82, 2.24) is 0 Å². The summed E-state index contributed by atoms with van der Waals surface area (Å²) >= 11 is 0. The summed E-state index contributed by atoms with van der Waals surface area (Å²) in [4.78, 5) is 0. The summed E-state index contributed by atoms with van der Waals surface area (Å²) in [7, 11) is 0. The summed E-state index contributed by atoms with van der Waals surface area (Å²) in [5.41, 5.74) is 6.85. The minimum absolute atomic E-state index is 0.212. The van der Waals surface area contributed by atoms with E-state index in [4.69, 9.17) is 0 Å². The van der Waals surface area contributed by atoms with E-state index in [2.05, 4.69) is 72.8 Å². The Labute approximate surface area is 152 Å². The van der Waals surface area contributed by atoms with Gasteiger partial charge in [-0.1, -0.05) is 91.0 Å². The number of halogens is 1. The molecule has 0 unspecified atom stereocenters. The third-order valence-electron chi connectivity index (χ3n) is 5.44. The number of fused-ring (bicyclic) bond motifs is 3. The van der Waals surface area contributed by atoms with Gasteiger partial charge in [0, 0.05) is 0 Å². The molecule has 124 valence electrons. The highest BCUT2D eigenvalue weighted by atomic mass is 19.1. The van der Waals surface area contributed by atoms with Crippen LogP contribution in [-0.2, 0) is 5.41 Å². The Morgan fingerprint density at radius 2 is 0.923 bits per heavy atom. The Hall–Kier alpha value is -3.19. The summed E-state index contributed by atoms with van der Waals surface area (Å²) in [6.07, 6.45) is 0. The van der Waals surface area contributed by atoms with Crippen LogP contribution in [0.25, 0.3) is 11.1 Å². The number of benzene rings is 4. The number of rotatable bonds is 2. The van der Waals surface area contributed by atoms with Gasteiger partial charge in [-0.3, -0.25) is 0 Å². The number of hydrogen-bond acceptors (Lipinski definition) is 0. The van der Waals surface area contributed by atoms with Gasteiger partial charge in [-0.25, -0.2) is 4.39 Å². The Morgan fingerprint density at radius 3 is 1.50 bits per heavy atom. The monoisotopic (exact) mass is 336 g/mol. The smallest absolute Gasteiger partial charge is 0.123 e. The van der Waals surface area contributed by atoms with Crippen molar-refractivity contribution in [2.45, 2.75) is 5.41 Å². The van der Waals surface area contributed by atoms with E-state index in [0.717, 1.165) is 5.56 Å². The van der Waals surface area contributed by atoms with Crippen molar-refractivity contribution in [2.24, 2.45) is 0 Å². The molecule has 1 aliphatic rings. The zero-order valence-electron chi connectivity index (χ0n) is 14.2. The maximum atomic E-state index is 13.7. The van der Waals surface area contributed by atoms with E-state index in [1.807, 2.05) is 18.2 Å². The quantitative estimate of drug-likeness (QED) is 0.360. The van der Waals surface area contributed by atoms with E-state index < -0.39 is 5.41 Å². The lowest BCUT2D eigenvalue weighted by molar-refractivity contribution is 0.625. The van der Waals surface area contributed by atoms with E-state index in [9.17, 15) is 4.39 Å². The summed E-state index contributed by atoms with van der Waals surface area (Å²) in [5, 5.41) is 0. The molecule has 0 fully saturated rings. The van der Waals surface area contributed by atoms with E-state index >= 15 is 0 Å². The molecule has 0 N–H and O–H groups in total. The first-order valence-corrected chi connectivity index (χ1v) is 8.83. The Balaban J connectivity index is 1.96. The first kappa shape index (κ1) is 15.1. The molecule has 0 saturated heterocycles. The van der Waals surface area contributed by atoms with E-state index in [1.165, 1.54) is 27.8 Å². The topological polar surface area (TPSA) is 0 Å². The van der Waals surface area contributed by atoms with Crippen LogP contribution < -0.4 is 0 Å². The van der Waals surface area contributed by atoms with Crippen molar-refractivity contribution in [3.05, 3.63) is 131 Å². The second-order valence-electron chi connectivity index (χ2n) is 6.71. The number of hydrogen-bond donors (Lipinski definition) is 0. The van der Waals surface area contributed by atoms with Crippen molar-refractivity contribution in [2.75, 3.05) is 0 Å². The molecule has 0 aliphatic heterocycles. The maximum Gasteiger partial charge on any atom is 0.123 e. The first-order chi connectivity index (χ1) is 12.8. The van der Waals surface area contributed by atoms with Crippen LogP contribution >= 0.6 is 0 Å². The zero-order valence-corrected chi connectivity index (χ0v) is 14.2. The van der Waals surface area contributed by atoms with Gasteiger partial charge in [0.1, 0.15) is 5.82 Å². The van der Waals surface area contributed by atoms with Crippen LogP contribution in [0.1, 0.15) is 22.3 Å². The molecular formula is C25H17F. The SMILES string of the molecule is Fc1ccc(C2(c3ccccc3)c3ccccc3-c3ccccc32)cc1. The molecule has 0 atom stereocenters. The summed E-state index contributed by atoms with van der Waals surface area (Å²) < 4.78 is 13.7. The average molecular weight is 336 g/mol. The van der Waals surface area contributed by atoms with Crippen LogP contribution in [0.4, 0.5) is 4.39 Å². The largest absolute Gasteiger partial charge is 0.207 e. The van der Waals surface area contributed by atoms with Gasteiger partial charge in [-0.15, -0.1) is 0 Å². The van der Waals surface area contributed by atoms with Crippen molar-refractivity contribution in [1.29, 1.82) is 0 Å². The Kier molecular flexibility index (Phi) is 3.29. The van der Waals surface area contributed by atoms with Gasteiger partial charge in [0.25, 0.3) is 0 Å². The molecule has 0 heterocycles. The fraction of sp³-hybridized carbons (Fsp3) is 0.0400. The second-order valence-corrected chi connectivity index (χ2v) is 6.71. The van der Waals surface area contributed by atoms with Crippen molar-refractivity contribution >= 4 is 0 Å². The van der Waals surface area contributed by atoms with Gasteiger partial charge in [0.15, 0.2) is 0 Å². The summed E-state index contributed by atoms with van der Waals surface area (Å²) in [5.74, 6) is -0.212. The molecule has 4 aromatic rings. The van der Waals surface area contributed by atoms with Crippen molar-refractivity contribution in [3.63, 3.8) is 0 Å². The fourth-order valence-corrected chi connectivity index (χ4v) is 4.41. The maximum absolute atomic E-state index is 13.7. The molecule has 26 heavy (non-hydrogen) atoms. The molecule has 1 heteroatoms. The van der Waals surface area contributed by atoms with E-state index in [-0.39, 0.29) is 5.82 Å². The highest BCUT2D eigenvalue weighted by Crippen LogP contribution is 2.55. The van der Waals surface area contributed by atoms with Gasteiger partial charge >= 0.3 is 0 Å². The van der Waals surface area contributed by atoms with E-state index in [1.54, 1.807) is 12.1 Å². The molecule has 0 saturated carbocycles. The third-order valence-corrected chi connectivity index (χ3v) is 5.44. The van der Waals surface area contributed by atoms with Crippen LogP contribution in [-0.4, -0.2) is 0 Å². The normalized spacial score (nSPS) is 13.9. The predicted octanol–water partition coefficient (Wildman–Crippen LogP) is 6.19. The van der Waals surface area contributed by atoms with Crippen LogP contribution in [0.3, 0.4) is 0 Å². The molecular weight excluding hydrogens is 319 g/mol. The van der Waals surface area contributed by atoms with Crippen LogP contribution in [0, 0.1) is 5.82 Å². The second kappa shape index (κ2) is 5.67. The van der Waals surface area contributed by atoms with Crippen LogP contribution in [0.2, 0.25) is 0 Å². The van der Waals surface area contributed by atoms with Gasteiger partial charge in [-0.05, 0) is 45.5 Å². The molecule has 1 aliphatic carbocycles. The Bertz CT molecular complexity index is 1030. The Morgan fingerprint density at radius 1 is 0.462 bits per heavy atom. The van der Waals surface area contributed by atoms with Gasteiger partial charge in [0.05, 0.1) is 5.41 Å². The highest BCUT2D eigenvalue weighted by molar-refractivity contribution is 5.86. The molecule has 0 radical (unpaired) electrons. The van der Waals surface area contributed by atoms with E-state index in [0.29, 0.717) is 0 Å². The standard InChI is InChI=1S/C25H17F/c26-20-16-14-19(15-17-20)25(18-8-2-1-3-9-18)23-12-6-4-10-21(23)22-11-5-7-13-24(22)25/h1-17H. The molecule has 4 aromatic carbocycles. The molecule has 0 aromatic heterocycles. The van der Waals surface area contributed by atoms with Gasteiger partial charge in [0.2, 0.25) is 0 Å². The van der Waals surface area contributed by atoms with Crippen molar-refractivity contribution < 1.29 is 4.39 Å². The fourth-order valence-electron chi connectivity index (χ4n) is 4.41. The molecule has 5 rings (SSSR count). The van der Waals surface area contributed by atoms with Gasteiger partial charge in [-0.2, -0.15) is 0 Å². The highest BCUT2D eigenvalue weighted by Gasteiger charge is 2.45. The first-order valence-electron chi connectivity index (χ1n) is 8.83. The molecule has 0 nitrogen and oxygen atoms in total. The lowest BCUT2D eigenvalue weighted by atomic mass is 9.68. The van der Waals surface area contributed by atoms with Gasteiger partial charge < -0.3 is 0 Å². The lowest BCUT2D eigenvalue weighted by Crippen LogP contribution is -2.28. The third kappa shape index (κ3) is 1.94. The van der Waals surface area contributed by atoms with Crippen LogP contribution in [0.15, 0.2) is 103 Å². The predicted molar refractivity (Wildman–Crippen MR) is 104 cm³/mol. The molecule has 0 spiro atoms. The average Bonchev–Trinajstić information content (AvgIpc) is 3.01. The molecule has 0 bridgehead atoms. The molecule has 0 amide bonds. The summed E-state index contributed by atoms with van der Waals surface area (Å²) in [6, 6.07) is 34.6. The summed E-state index contributed by atoms with van der Waals surface area (Å²) in [6.45, 7) is 0. The van der Waals surface area contributed by atoms with Crippen molar-refractivity contribution in [3.8, 4) is 11.1 Å².